The van der Waals surface area contributed by atoms with Gasteiger partial charge in [0.25, 0.3) is 0 Å². The van der Waals surface area contributed by atoms with Crippen molar-refractivity contribution in [2.75, 3.05) is 41.0 Å². The number of carbonyl (C=O) groups is 3. The van der Waals surface area contributed by atoms with Crippen molar-refractivity contribution in [2.45, 2.75) is 122 Å². The van der Waals surface area contributed by atoms with Crippen LogP contribution in [0.1, 0.15) is 110 Å². The highest BCUT2D eigenvalue weighted by molar-refractivity contribution is 5.70. The van der Waals surface area contributed by atoms with Gasteiger partial charge >= 0.3 is 11.9 Å². The first-order valence-electron chi connectivity index (χ1n) is 20.0. The number of likely N-dealkylation sites (N-methyl/N-ethyl adjacent to an activating group) is 1. The van der Waals surface area contributed by atoms with Crippen LogP contribution in [0.25, 0.3) is 0 Å². The molecule has 2 atom stereocenters. The number of esters is 2. The fourth-order valence-electron chi connectivity index (χ4n) is 5.04. The van der Waals surface area contributed by atoms with Crippen LogP contribution in [-0.2, 0) is 28.6 Å². The summed E-state index contributed by atoms with van der Waals surface area (Å²) in [6.07, 6.45) is 48.2. The van der Waals surface area contributed by atoms with E-state index in [1.165, 1.54) is 0 Å². The summed E-state index contributed by atoms with van der Waals surface area (Å²) >= 11 is 0. The molecule has 0 saturated heterocycles. The van der Waals surface area contributed by atoms with Crippen LogP contribution in [0.3, 0.4) is 0 Å². The van der Waals surface area contributed by atoms with Crippen LogP contribution in [0.2, 0.25) is 0 Å². The van der Waals surface area contributed by atoms with E-state index in [4.69, 9.17) is 14.2 Å². The third kappa shape index (κ3) is 33.8. The molecule has 0 aromatic rings. The lowest BCUT2D eigenvalue weighted by molar-refractivity contribution is -0.889. The van der Waals surface area contributed by atoms with Gasteiger partial charge in [0.05, 0.1) is 40.3 Å². The van der Waals surface area contributed by atoms with Gasteiger partial charge in [-0.2, -0.15) is 0 Å². The smallest absolute Gasteiger partial charge is 0.306 e. The predicted molar refractivity (Wildman–Crippen MR) is 221 cm³/mol. The Kier molecular flexibility index (Phi) is 33.3. The molecule has 0 saturated carbocycles. The Morgan fingerprint density at radius 2 is 0.981 bits per heavy atom. The Bertz CT molecular complexity index is 1240. The maximum atomic E-state index is 12.7. The minimum atomic E-state index is -1.14. The van der Waals surface area contributed by atoms with Crippen LogP contribution >= 0.6 is 0 Å². The second-order valence-electron chi connectivity index (χ2n) is 14.0. The summed E-state index contributed by atoms with van der Waals surface area (Å²) in [5.41, 5.74) is 0. The molecule has 8 nitrogen and oxygen atoms in total. The third-order valence-corrected chi connectivity index (χ3v) is 8.13. The van der Waals surface area contributed by atoms with Gasteiger partial charge in [-0.15, -0.1) is 0 Å². The van der Waals surface area contributed by atoms with Gasteiger partial charge in [-0.1, -0.05) is 149 Å². The maximum Gasteiger partial charge on any atom is 0.306 e. The summed E-state index contributed by atoms with van der Waals surface area (Å²) in [4.78, 5) is 36.7. The van der Waals surface area contributed by atoms with E-state index in [-0.39, 0.29) is 55.5 Å². The first kappa shape index (κ1) is 50.0. The molecule has 0 N–H and O–H groups in total. The summed E-state index contributed by atoms with van der Waals surface area (Å²) in [7, 11) is 5.36. The maximum absolute atomic E-state index is 12.7. The summed E-state index contributed by atoms with van der Waals surface area (Å²) in [5, 5.41) is 11.6. The Morgan fingerprint density at radius 1 is 0.556 bits per heavy atom. The van der Waals surface area contributed by atoms with Crippen molar-refractivity contribution in [3.8, 4) is 0 Å². The number of allylic oxidation sites excluding steroid dienone is 18. The van der Waals surface area contributed by atoms with Crippen LogP contribution in [-0.4, -0.2) is 75.5 Å². The number of quaternary nitrogens is 1. The third-order valence-electron chi connectivity index (χ3n) is 8.13. The molecular formula is C46H71NO7. The zero-order chi connectivity index (χ0) is 40.0. The molecule has 0 aliphatic carbocycles. The summed E-state index contributed by atoms with van der Waals surface area (Å²) in [6.45, 7) is 4.26. The van der Waals surface area contributed by atoms with Crippen molar-refractivity contribution in [1.29, 1.82) is 0 Å². The SMILES string of the molecule is CC/C=C/C=C/C=C/C=C/C=C/CCCCCC(=O)OCC(COCCC(C(=O)[O-])[N+](C)(C)C)OC(=O)CCCCCCC/C=C/C=C/C=C/C=C/CC. The Morgan fingerprint density at radius 3 is 1.46 bits per heavy atom. The minimum absolute atomic E-state index is 0.00834. The van der Waals surface area contributed by atoms with E-state index >= 15 is 0 Å². The number of unbranched alkanes of at least 4 members (excludes halogenated alkanes) is 8. The first-order chi connectivity index (χ1) is 26.1. The van der Waals surface area contributed by atoms with Crippen molar-refractivity contribution in [3.63, 3.8) is 0 Å². The normalized spacial score (nSPS) is 14.2. The topological polar surface area (TPSA) is 102 Å². The zero-order valence-electron chi connectivity index (χ0n) is 34.1. The van der Waals surface area contributed by atoms with Crippen LogP contribution in [0.5, 0.6) is 0 Å². The summed E-state index contributed by atoms with van der Waals surface area (Å²) in [6, 6.07) is -0.744. The highest BCUT2D eigenvalue weighted by Gasteiger charge is 2.25. The van der Waals surface area contributed by atoms with Gasteiger partial charge in [0.15, 0.2) is 6.10 Å². The van der Waals surface area contributed by atoms with Gasteiger partial charge in [0, 0.05) is 19.3 Å². The fourth-order valence-corrected chi connectivity index (χ4v) is 5.04. The fraction of sp³-hybridized carbons (Fsp3) is 0.543. The molecule has 0 aromatic carbocycles. The minimum Gasteiger partial charge on any atom is -0.544 e. The van der Waals surface area contributed by atoms with Gasteiger partial charge < -0.3 is 28.6 Å². The quantitative estimate of drug-likeness (QED) is 0.0285. The van der Waals surface area contributed by atoms with Gasteiger partial charge in [-0.05, 0) is 51.4 Å². The van der Waals surface area contributed by atoms with Crippen LogP contribution < -0.4 is 5.11 Å². The number of carboxylic acid groups (broad SMARTS) is 1. The van der Waals surface area contributed by atoms with Crippen molar-refractivity contribution in [2.24, 2.45) is 0 Å². The summed E-state index contributed by atoms with van der Waals surface area (Å²) in [5.74, 6) is -1.84. The van der Waals surface area contributed by atoms with E-state index < -0.39 is 18.1 Å². The van der Waals surface area contributed by atoms with E-state index in [1.807, 2.05) is 79.0 Å². The average Bonchev–Trinajstić information content (AvgIpc) is 3.12. The Labute approximate surface area is 328 Å². The van der Waals surface area contributed by atoms with Crippen molar-refractivity contribution in [1.82, 2.24) is 0 Å². The molecule has 0 fully saturated rings. The molecular weight excluding hydrogens is 679 g/mol. The monoisotopic (exact) mass is 750 g/mol. The Balaban J connectivity index is 4.56. The second-order valence-corrected chi connectivity index (χ2v) is 14.0. The number of hydrogen-bond acceptors (Lipinski definition) is 7. The van der Waals surface area contributed by atoms with Crippen molar-refractivity contribution < 1.29 is 38.2 Å². The Hall–Kier alpha value is -4.01. The van der Waals surface area contributed by atoms with Gasteiger partial charge in [-0.25, -0.2) is 0 Å². The van der Waals surface area contributed by atoms with E-state index in [9.17, 15) is 19.5 Å². The van der Waals surface area contributed by atoms with E-state index in [2.05, 4.69) is 44.2 Å². The molecule has 8 heteroatoms. The number of rotatable bonds is 33. The molecule has 0 heterocycles. The lowest BCUT2D eigenvalue weighted by atomic mass is 10.1. The van der Waals surface area contributed by atoms with E-state index in [1.54, 1.807) is 21.1 Å². The number of carbonyl (C=O) groups excluding carboxylic acids is 3. The van der Waals surface area contributed by atoms with Crippen molar-refractivity contribution in [3.05, 3.63) is 109 Å². The molecule has 0 aliphatic heterocycles. The zero-order valence-corrected chi connectivity index (χ0v) is 34.1. The van der Waals surface area contributed by atoms with Gasteiger partial charge in [-0.3, -0.25) is 9.59 Å². The van der Waals surface area contributed by atoms with Gasteiger partial charge in [0.2, 0.25) is 0 Å². The summed E-state index contributed by atoms with van der Waals surface area (Å²) < 4.78 is 17.0. The molecule has 54 heavy (non-hydrogen) atoms. The number of aliphatic carboxylic acids is 1. The lowest BCUT2D eigenvalue weighted by Crippen LogP contribution is -2.55. The van der Waals surface area contributed by atoms with Crippen molar-refractivity contribution >= 4 is 17.9 Å². The molecule has 302 valence electrons. The van der Waals surface area contributed by atoms with Crippen LogP contribution in [0.15, 0.2) is 109 Å². The van der Waals surface area contributed by atoms with Crippen LogP contribution in [0, 0.1) is 0 Å². The standard InChI is InChI=1S/C46H71NO7/c1-6-8-10-12-14-16-18-20-22-24-26-28-30-32-34-36-44(48)53-41-42(40-52-39-38-43(46(50)51)47(3,4)5)54-45(49)37-35-33-31-29-27-25-23-21-19-17-15-13-11-9-7-2/h8-24,26,42-43H,6-7,25,27-41H2,1-5H3/b10-8+,11-9+,14-12+,15-13+,18-16+,19-17+,22-20+,23-21+,26-24+. The molecule has 0 rings (SSSR count). The predicted octanol–water partition coefficient (Wildman–Crippen LogP) is 9.18. The molecule has 0 spiro atoms. The van der Waals surface area contributed by atoms with Crippen LogP contribution in [0.4, 0.5) is 0 Å². The molecule has 0 aliphatic rings. The molecule has 0 bridgehead atoms. The largest absolute Gasteiger partial charge is 0.544 e. The van der Waals surface area contributed by atoms with Gasteiger partial charge in [0.1, 0.15) is 12.6 Å². The molecule has 0 aromatic heterocycles. The van der Waals surface area contributed by atoms with E-state index in [0.717, 1.165) is 70.6 Å². The molecule has 0 amide bonds. The highest BCUT2D eigenvalue weighted by atomic mass is 16.6. The number of ether oxygens (including phenoxy) is 3. The second kappa shape index (κ2) is 36.0. The molecule has 2 unspecified atom stereocenters. The van der Waals surface area contributed by atoms with E-state index in [0.29, 0.717) is 6.42 Å². The number of carboxylic acids is 1. The molecule has 0 radical (unpaired) electrons. The average molecular weight is 750 g/mol. The number of nitrogens with zero attached hydrogens (tertiary/aromatic N) is 1. The lowest BCUT2D eigenvalue weighted by Gasteiger charge is -2.34. The number of hydrogen-bond donors (Lipinski definition) is 0. The highest BCUT2D eigenvalue weighted by Crippen LogP contribution is 2.12. The first-order valence-corrected chi connectivity index (χ1v) is 20.0.